The number of anilines is 1. The molecule has 1 saturated carbocycles. The Labute approximate surface area is 143 Å². The van der Waals surface area contributed by atoms with Gasteiger partial charge in [0.25, 0.3) is 0 Å². The first-order valence-corrected chi connectivity index (χ1v) is 8.76. The van der Waals surface area contributed by atoms with Gasteiger partial charge < -0.3 is 10.1 Å². The monoisotopic (exact) mass is 330 g/mol. The lowest BCUT2D eigenvalue weighted by atomic mass is 9.79. The number of nitrogens with one attached hydrogen (secondary N) is 1. The van der Waals surface area contributed by atoms with E-state index in [9.17, 15) is 9.59 Å². The maximum absolute atomic E-state index is 12.0. The van der Waals surface area contributed by atoms with Crippen molar-refractivity contribution < 1.29 is 14.3 Å². The zero-order valence-electron chi connectivity index (χ0n) is 14.7. The molecule has 5 heteroatoms. The van der Waals surface area contributed by atoms with Crippen molar-refractivity contribution in [2.24, 2.45) is 5.92 Å². The standard InChI is InChI=1S/C19H26N2O3/c1-12(22)10-19(2,3)17-15(14-8-9-24-11-14)6-7-16(20-17)21-18(23)13-4-5-13/h6-7,13-14H,4-5,8-11H2,1-3H3,(H,20,21,23). The van der Waals surface area contributed by atoms with Crippen molar-refractivity contribution in [1.82, 2.24) is 4.98 Å². The lowest BCUT2D eigenvalue weighted by molar-refractivity contribution is -0.118. The van der Waals surface area contributed by atoms with Gasteiger partial charge in [0, 0.05) is 30.3 Å². The van der Waals surface area contributed by atoms with Crippen LogP contribution in [0.25, 0.3) is 0 Å². The van der Waals surface area contributed by atoms with Crippen LogP contribution >= 0.6 is 0 Å². The number of rotatable bonds is 6. The number of nitrogens with zero attached hydrogens (tertiary/aromatic N) is 1. The molecule has 1 saturated heterocycles. The molecule has 1 unspecified atom stereocenters. The molecule has 0 bridgehead atoms. The third kappa shape index (κ3) is 3.83. The van der Waals surface area contributed by atoms with Crippen molar-refractivity contribution in [2.45, 2.75) is 57.8 Å². The number of pyridine rings is 1. The van der Waals surface area contributed by atoms with E-state index >= 15 is 0 Å². The highest BCUT2D eigenvalue weighted by Gasteiger charge is 2.33. The van der Waals surface area contributed by atoms with Crippen LogP contribution in [0.5, 0.6) is 0 Å². The maximum atomic E-state index is 12.0. The predicted molar refractivity (Wildman–Crippen MR) is 92.1 cm³/mol. The highest BCUT2D eigenvalue weighted by Crippen LogP contribution is 2.37. The van der Waals surface area contributed by atoms with Gasteiger partial charge in [-0.05, 0) is 37.8 Å². The molecule has 1 atom stereocenters. The Balaban J connectivity index is 1.92. The molecule has 2 fully saturated rings. The molecule has 1 N–H and O–H groups in total. The number of carbonyl (C=O) groups excluding carboxylic acids is 2. The fourth-order valence-corrected chi connectivity index (χ4v) is 3.47. The maximum Gasteiger partial charge on any atom is 0.228 e. The molecule has 130 valence electrons. The van der Waals surface area contributed by atoms with Gasteiger partial charge in [0.15, 0.2) is 0 Å². The van der Waals surface area contributed by atoms with Crippen molar-refractivity contribution in [3.8, 4) is 0 Å². The third-order valence-electron chi connectivity index (χ3n) is 4.83. The number of amides is 1. The normalized spacial score (nSPS) is 20.9. The van der Waals surface area contributed by atoms with E-state index in [0.29, 0.717) is 24.8 Å². The van der Waals surface area contributed by atoms with Gasteiger partial charge in [-0.25, -0.2) is 4.98 Å². The number of aromatic nitrogens is 1. The van der Waals surface area contributed by atoms with Gasteiger partial charge in [-0.3, -0.25) is 9.59 Å². The molecule has 1 aromatic heterocycles. The van der Waals surface area contributed by atoms with E-state index < -0.39 is 0 Å². The summed E-state index contributed by atoms with van der Waals surface area (Å²) in [6.45, 7) is 7.15. The number of hydrogen-bond acceptors (Lipinski definition) is 4. The fraction of sp³-hybridized carbons (Fsp3) is 0.632. The number of carbonyl (C=O) groups is 2. The van der Waals surface area contributed by atoms with E-state index in [2.05, 4.69) is 5.32 Å². The Kier molecular flexibility index (Phi) is 4.72. The Morgan fingerprint density at radius 3 is 2.62 bits per heavy atom. The average molecular weight is 330 g/mol. The lowest BCUT2D eigenvalue weighted by Crippen LogP contribution is -2.26. The van der Waals surface area contributed by atoms with Gasteiger partial charge in [0.1, 0.15) is 11.6 Å². The smallest absolute Gasteiger partial charge is 0.228 e. The topological polar surface area (TPSA) is 68.3 Å². The molecule has 1 aliphatic carbocycles. The molecule has 2 aliphatic rings. The first kappa shape index (κ1) is 17.1. The number of ketones is 1. The second-order valence-electron chi connectivity index (χ2n) is 7.72. The van der Waals surface area contributed by atoms with E-state index in [1.807, 2.05) is 26.0 Å². The summed E-state index contributed by atoms with van der Waals surface area (Å²) >= 11 is 0. The molecule has 0 aromatic carbocycles. The Morgan fingerprint density at radius 2 is 2.04 bits per heavy atom. The van der Waals surface area contributed by atoms with Gasteiger partial charge in [0.2, 0.25) is 5.91 Å². The summed E-state index contributed by atoms with van der Waals surface area (Å²) < 4.78 is 5.53. The molecule has 3 rings (SSSR count). The summed E-state index contributed by atoms with van der Waals surface area (Å²) in [6, 6.07) is 3.92. The van der Waals surface area contributed by atoms with Crippen LogP contribution in [0.4, 0.5) is 5.82 Å². The van der Waals surface area contributed by atoms with Crippen LogP contribution in [0, 0.1) is 5.92 Å². The SMILES string of the molecule is CC(=O)CC(C)(C)c1nc(NC(=O)C2CC2)ccc1C1CCOC1. The molecule has 0 radical (unpaired) electrons. The van der Waals surface area contributed by atoms with E-state index in [0.717, 1.165) is 37.1 Å². The number of ether oxygens (including phenoxy) is 1. The minimum atomic E-state index is -0.371. The summed E-state index contributed by atoms with van der Waals surface area (Å²) in [7, 11) is 0. The summed E-state index contributed by atoms with van der Waals surface area (Å²) in [4.78, 5) is 28.5. The van der Waals surface area contributed by atoms with E-state index in [-0.39, 0.29) is 23.0 Å². The van der Waals surface area contributed by atoms with Crippen molar-refractivity contribution >= 4 is 17.5 Å². The van der Waals surface area contributed by atoms with Gasteiger partial charge in [-0.1, -0.05) is 19.9 Å². The lowest BCUT2D eigenvalue weighted by Gasteiger charge is -2.28. The summed E-state index contributed by atoms with van der Waals surface area (Å²) in [5, 5.41) is 2.92. The molecule has 1 aliphatic heterocycles. The van der Waals surface area contributed by atoms with Gasteiger partial charge in [-0.15, -0.1) is 0 Å². The molecule has 1 aromatic rings. The molecule has 1 amide bonds. The first-order valence-electron chi connectivity index (χ1n) is 8.76. The van der Waals surface area contributed by atoms with Crippen LogP contribution in [-0.2, 0) is 19.7 Å². The second-order valence-corrected chi connectivity index (χ2v) is 7.72. The van der Waals surface area contributed by atoms with Crippen molar-refractivity contribution in [2.75, 3.05) is 18.5 Å². The Bertz CT molecular complexity index is 644. The second kappa shape index (κ2) is 6.63. The van der Waals surface area contributed by atoms with Crippen LogP contribution in [0.2, 0.25) is 0 Å². The highest BCUT2D eigenvalue weighted by atomic mass is 16.5. The largest absolute Gasteiger partial charge is 0.381 e. The van der Waals surface area contributed by atoms with E-state index in [1.54, 1.807) is 6.92 Å². The van der Waals surface area contributed by atoms with Crippen LogP contribution < -0.4 is 5.32 Å². The predicted octanol–water partition coefficient (Wildman–Crippen LogP) is 3.19. The molecule has 0 spiro atoms. The molecular weight excluding hydrogens is 304 g/mol. The summed E-state index contributed by atoms with van der Waals surface area (Å²) in [5.41, 5.74) is 1.68. The number of hydrogen-bond donors (Lipinski definition) is 1. The minimum absolute atomic E-state index is 0.0507. The van der Waals surface area contributed by atoms with Crippen LogP contribution in [0.3, 0.4) is 0 Å². The van der Waals surface area contributed by atoms with Crippen LogP contribution in [-0.4, -0.2) is 29.9 Å². The number of Topliss-reactive ketones (excluding diaryl/α,β-unsaturated/α-hetero) is 1. The molecule has 24 heavy (non-hydrogen) atoms. The van der Waals surface area contributed by atoms with E-state index in [4.69, 9.17) is 9.72 Å². The molecular formula is C19H26N2O3. The van der Waals surface area contributed by atoms with Gasteiger partial charge >= 0.3 is 0 Å². The van der Waals surface area contributed by atoms with Crippen LogP contribution in [0.1, 0.15) is 63.6 Å². The molecule has 5 nitrogen and oxygen atoms in total. The first-order chi connectivity index (χ1) is 11.4. The zero-order chi connectivity index (χ0) is 17.3. The zero-order valence-corrected chi connectivity index (χ0v) is 14.7. The third-order valence-corrected chi connectivity index (χ3v) is 4.83. The Morgan fingerprint density at radius 1 is 1.29 bits per heavy atom. The minimum Gasteiger partial charge on any atom is -0.381 e. The van der Waals surface area contributed by atoms with Crippen molar-refractivity contribution in [3.05, 3.63) is 23.4 Å². The van der Waals surface area contributed by atoms with Crippen molar-refractivity contribution in [1.29, 1.82) is 0 Å². The summed E-state index contributed by atoms with van der Waals surface area (Å²) in [5.74, 6) is 1.23. The summed E-state index contributed by atoms with van der Waals surface area (Å²) in [6.07, 6.45) is 3.33. The van der Waals surface area contributed by atoms with Crippen molar-refractivity contribution in [3.63, 3.8) is 0 Å². The molecule has 2 heterocycles. The Hall–Kier alpha value is -1.75. The average Bonchev–Trinajstić information content (AvgIpc) is 3.22. The highest BCUT2D eigenvalue weighted by molar-refractivity contribution is 5.93. The van der Waals surface area contributed by atoms with Gasteiger partial charge in [0.05, 0.1) is 12.3 Å². The van der Waals surface area contributed by atoms with Gasteiger partial charge in [-0.2, -0.15) is 0 Å². The fourth-order valence-electron chi connectivity index (χ4n) is 3.47. The van der Waals surface area contributed by atoms with E-state index in [1.165, 1.54) is 0 Å². The quantitative estimate of drug-likeness (QED) is 0.870. The van der Waals surface area contributed by atoms with Crippen LogP contribution in [0.15, 0.2) is 12.1 Å².